The van der Waals surface area contributed by atoms with Gasteiger partial charge in [-0.1, -0.05) is 18.2 Å². The van der Waals surface area contributed by atoms with Gasteiger partial charge < -0.3 is 4.74 Å². The summed E-state index contributed by atoms with van der Waals surface area (Å²) in [6.45, 7) is 7.76. The molecule has 0 spiro atoms. The summed E-state index contributed by atoms with van der Waals surface area (Å²) in [4.78, 5) is 0. The van der Waals surface area contributed by atoms with Crippen LogP contribution in [0.1, 0.15) is 5.56 Å². The van der Waals surface area contributed by atoms with Crippen molar-refractivity contribution in [1.29, 1.82) is 0 Å². The summed E-state index contributed by atoms with van der Waals surface area (Å²) in [7, 11) is 0. The highest BCUT2D eigenvalue weighted by atomic mass is 16.5. The van der Waals surface area contributed by atoms with Crippen molar-refractivity contribution in [1.82, 2.24) is 0 Å². The van der Waals surface area contributed by atoms with E-state index in [0.29, 0.717) is 6.61 Å². The molecule has 1 rings (SSSR count). The van der Waals surface area contributed by atoms with E-state index in [9.17, 15) is 0 Å². The molecule has 1 nitrogen and oxygen atoms in total. The molecular weight excluding hydrogens is 148 g/mol. The maximum Gasteiger partial charge on any atom is 0.119 e. The van der Waals surface area contributed by atoms with Crippen molar-refractivity contribution in [2.45, 2.75) is 6.42 Å². The normalized spacial score (nSPS) is 9.42. The standard InChI is InChI=1S/C11H13O/c1-3-6-10-7-5-8-11(9-10)12-4-2/h3,5,7-9H,1-2,4,6H2. The van der Waals surface area contributed by atoms with Crippen LogP contribution in [-0.4, -0.2) is 6.61 Å². The zero-order chi connectivity index (χ0) is 8.81. The monoisotopic (exact) mass is 161 g/mol. The first-order valence-electron chi connectivity index (χ1n) is 3.98. The number of allylic oxidation sites excluding steroid dienone is 1. The Kier molecular flexibility index (Phi) is 3.39. The minimum atomic E-state index is 0.470. The molecule has 12 heavy (non-hydrogen) atoms. The maximum absolute atomic E-state index is 5.25. The van der Waals surface area contributed by atoms with Gasteiger partial charge in [-0.15, -0.1) is 6.58 Å². The van der Waals surface area contributed by atoms with Crippen molar-refractivity contribution in [3.63, 3.8) is 0 Å². The lowest BCUT2D eigenvalue weighted by molar-refractivity contribution is 0.361. The third-order valence-electron chi connectivity index (χ3n) is 1.55. The van der Waals surface area contributed by atoms with Crippen molar-refractivity contribution in [2.24, 2.45) is 0 Å². The minimum absolute atomic E-state index is 0.470. The van der Waals surface area contributed by atoms with E-state index in [4.69, 9.17) is 4.74 Å². The van der Waals surface area contributed by atoms with Crippen LogP contribution >= 0.6 is 0 Å². The Morgan fingerprint density at radius 2 is 2.25 bits per heavy atom. The molecule has 1 heteroatoms. The predicted molar refractivity (Wildman–Crippen MR) is 51.2 cm³/mol. The van der Waals surface area contributed by atoms with Crippen LogP contribution in [0.3, 0.4) is 0 Å². The van der Waals surface area contributed by atoms with Gasteiger partial charge in [-0.2, -0.15) is 0 Å². The van der Waals surface area contributed by atoms with Crippen LogP contribution in [0.15, 0.2) is 36.9 Å². The van der Waals surface area contributed by atoms with Crippen LogP contribution in [0.25, 0.3) is 0 Å². The van der Waals surface area contributed by atoms with Gasteiger partial charge in [0.05, 0.1) is 6.61 Å². The second-order valence-electron chi connectivity index (χ2n) is 2.49. The predicted octanol–water partition coefficient (Wildman–Crippen LogP) is 2.63. The third kappa shape index (κ3) is 2.42. The molecule has 0 atom stereocenters. The fourth-order valence-electron chi connectivity index (χ4n) is 1.05. The van der Waals surface area contributed by atoms with Crippen LogP contribution in [0.5, 0.6) is 5.75 Å². The summed E-state index contributed by atoms with van der Waals surface area (Å²) in [5.41, 5.74) is 1.22. The van der Waals surface area contributed by atoms with E-state index in [1.54, 1.807) is 0 Å². The summed E-state index contributed by atoms with van der Waals surface area (Å²) < 4.78 is 5.25. The molecule has 0 amide bonds. The van der Waals surface area contributed by atoms with Crippen LogP contribution in [0.2, 0.25) is 0 Å². The van der Waals surface area contributed by atoms with Gasteiger partial charge in [0.2, 0.25) is 0 Å². The molecule has 0 aliphatic carbocycles. The van der Waals surface area contributed by atoms with E-state index in [1.165, 1.54) is 5.56 Å². The average molecular weight is 161 g/mol. The first kappa shape index (κ1) is 8.85. The number of rotatable bonds is 4. The van der Waals surface area contributed by atoms with E-state index in [0.717, 1.165) is 12.2 Å². The highest BCUT2D eigenvalue weighted by molar-refractivity contribution is 5.29. The van der Waals surface area contributed by atoms with Gasteiger partial charge in [-0.25, -0.2) is 0 Å². The summed E-state index contributed by atoms with van der Waals surface area (Å²) in [5.74, 6) is 0.879. The van der Waals surface area contributed by atoms with Gasteiger partial charge in [0.1, 0.15) is 5.75 Å². The molecule has 1 radical (unpaired) electrons. The Morgan fingerprint density at radius 3 is 2.92 bits per heavy atom. The van der Waals surface area contributed by atoms with Gasteiger partial charge in [-0.3, -0.25) is 0 Å². The molecular formula is C11H13O. The van der Waals surface area contributed by atoms with Crippen LogP contribution in [-0.2, 0) is 6.42 Å². The van der Waals surface area contributed by atoms with Crippen molar-refractivity contribution >= 4 is 0 Å². The molecule has 0 N–H and O–H groups in total. The van der Waals surface area contributed by atoms with E-state index in [-0.39, 0.29) is 0 Å². The molecule has 0 saturated heterocycles. The van der Waals surface area contributed by atoms with Crippen molar-refractivity contribution in [3.8, 4) is 5.75 Å². The summed E-state index contributed by atoms with van der Waals surface area (Å²) in [6.07, 6.45) is 2.76. The molecule has 0 bridgehead atoms. The van der Waals surface area contributed by atoms with Crippen molar-refractivity contribution in [3.05, 3.63) is 49.4 Å². The SMILES string of the molecule is [CH2]COc1cccc(CC=C)c1. The highest BCUT2D eigenvalue weighted by Crippen LogP contribution is 2.13. The lowest BCUT2D eigenvalue weighted by Gasteiger charge is -2.03. The first-order chi connectivity index (χ1) is 5.86. The summed E-state index contributed by atoms with van der Waals surface area (Å²) >= 11 is 0. The molecule has 0 heterocycles. The van der Waals surface area contributed by atoms with Gasteiger partial charge in [0.25, 0.3) is 0 Å². The molecule has 63 valence electrons. The van der Waals surface area contributed by atoms with E-state index >= 15 is 0 Å². The van der Waals surface area contributed by atoms with Crippen LogP contribution in [0, 0.1) is 6.92 Å². The molecule has 0 aliphatic heterocycles. The largest absolute Gasteiger partial charge is 0.494 e. The Hall–Kier alpha value is -1.24. The van der Waals surface area contributed by atoms with E-state index in [2.05, 4.69) is 19.6 Å². The van der Waals surface area contributed by atoms with Crippen LogP contribution in [0.4, 0.5) is 0 Å². The Labute approximate surface area is 73.7 Å². The fraction of sp³-hybridized carbons (Fsp3) is 0.182. The molecule has 0 fully saturated rings. The molecule has 1 aromatic rings. The minimum Gasteiger partial charge on any atom is -0.494 e. The summed E-state index contributed by atoms with van der Waals surface area (Å²) in [6, 6.07) is 7.96. The molecule has 0 aliphatic rings. The lowest BCUT2D eigenvalue weighted by atomic mass is 10.1. The lowest BCUT2D eigenvalue weighted by Crippen LogP contribution is -1.92. The average Bonchev–Trinajstić information content (AvgIpc) is 2.06. The quantitative estimate of drug-likeness (QED) is 0.617. The first-order valence-corrected chi connectivity index (χ1v) is 3.98. The van der Waals surface area contributed by atoms with Gasteiger partial charge >= 0.3 is 0 Å². The molecule has 0 saturated carbocycles. The summed E-state index contributed by atoms with van der Waals surface area (Å²) in [5, 5.41) is 0. The van der Waals surface area contributed by atoms with E-state index < -0.39 is 0 Å². The van der Waals surface area contributed by atoms with Crippen LogP contribution < -0.4 is 4.74 Å². The smallest absolute Gasteiger partial charge is 0.119 e. The number of ether oxygens (including phenoxy) is 1. The van der Waals surface area contributed by atoms with Crippen molar-refractivity contribution in [2.75, 3.05) is 6.61 Å². The number of hydrogen-bond acceptors (Lipinski definition) is 1. The van der Waals surface area contributed by atoms with Gasteiger partial charge in [-0.05, 0) is 31.0 Å². The third-order valence-corrected chi connectivity index (χ3v) is 1.55. The Morgan fingerprint density at radius 1 is 1.42 bits per heavy atom. The maximum atomic E-state index is 5.25. The number of benzene rings is 1. The second-order valence-corrected chi connectivity index (χ2v) is 2.49. The molecule has 0 unspecified atom stereocenters. The topological polar surface area (TPSA) is 9.23 Å². The molecule has 1 aromatic carbocycles. The zero-order valence-electron chi connectivity index (χ0n) is 7.12. The van der Waals surface area contributed by atoms with Crippen molar-refractivity contribution < 1.29 is 4.74 Å². The fourth-order valence-corrected chi connectivity index (χ4v) is 1.05. The Balaban J connectivity index is 2.73. The number of hydrogen-bond donors (Lipinski definition) is 0. The van der Waals surface area contributed by atoms with Gasteiger partial charge in [0, 0.05) is 0 Å². The Bertz CT molecular complexity index is 253. The molecule has 0 aromatic heterocycles. The van der Waals surface area contributed by atoms with E-state index in [1.807, 2.05) is 24.3 Å². The van der Waals surface area contributed by atoms with Gasteiger partial charge in [0.15, 0.2) is 0 Å². The highest BCUT2D eigenvalue weighted by Gasteiger charge is 1.93. The zero-order valence-corrected chi connectivity index (χ0v) is 7.12. The second kappa shape index (κ2) is 4.60.